The summed E-state index contributed by atoms with van der Waals surface area (Å²) in [6.45, 7) is 13.7. The second-order valence-corrected chi connectivity index (χ2v) is 20.4. The number of carbonyl (C=O) groups excluding carboxylic acids is 1. The van der Waals surface area contributed by atoms with Crippen LogP contribution < -0.4 is 10.2 Å². The zero-order chi connectivity index (χ0) is 31.4. The third-order valence-corrected chi connectivity index (χ3v) is 10.5. The molecule has 11 nitrogen and oxygen atoms in total. The number of H-pyrrole nitrogens is 1. The number of ether oxygens (including phenoxy) is 2. The number of alkyl carbamates (subject to hydrolysis) is 1. The molecule has 2 bridgehead atoms. The van der Waals surface area contributed by atoms with Gasteiger partial charge in [0.1, 0.15) is 16.8 Å². The van der Waals surface area contributed by atoms with E-state index in [1.54, 1.807) is 4.68 Å². The second-order valence-electron chi connectivity index (χ2n) is 14.4. The van der Waals surface area contributed by atoms with Crippen LogP contribution in [0.1, 0.15) is 52.1 Å². The summed E-state index contributed by atoms with van der Waals surface area (Å²) in [5.74, 6) is 0.820. The van der Waals surface area contributed by atoms with Gasteiger partial charge >= 0.3 is 6.09 Å². The normalized spacial score (nSPS) is 20.5. The molecule has 2 N–H and O–H groups in total. The van der Waals surface area contributed by atoms with Crippen molar-refractivity contribution in [1.29, 1.82) is 0 Å². The highest BCUT2D eigenvalue weighted by atomic mass is 35.5. The van der Waals surface area contributed by atoms with Crippen molar-refractivity contribution in [2.45, 2.75) is 102 Å². The third-order valence-electron chi connectivity index (χ3n) is 8.38. The first-order valence-electron chi connectivity index (χ1n) is 15.5. The first-order chi connectivity index (χ1) is 20.8. The molecule has 2 fully saturated rings. The number of amides is 1. The first kappa shape index (κ1) is 30.8. The molecule has 1 amide bonds. The minimum Gasteiger partial charge on any atom is -0.444 e. The van der Waals surface area contributed by atoms with Crippen LogP contribution in [0.15, 0.2) is 18.3 Å². The predicted octanol–water partition coefficient (Wildman–Crippen LogP) is 6.44. The van der Waals surface area contributed by atoms with Crippen molar-refractivity contribution in [3.8, 4) is 11.3 Å². The molecule has 0 radical (unpaired) electrons. The van der Waals surface area contributed by atoms with Gasteiger partial charge in [-0.15, -0.1) is 0 Å². The Morgan fingerprint density at radius 2 is 1.89 bits per heavy atom. The highest BCUT2D eigenvalue weighted by Gasteiger charge is 2.43. The summed E-state index contributed by atoms with van der Waals surface area (Å²) >= 11 is 6.90. The van der Waals surface area contributed by atoms with Gasteiger partial charge in [0, 0.05) is 57.0 Å². The van der Waals surface area contributed by atoms with E-state index in [0.29, 0.717) is 29.4 Å². The van der Waals surface area contributed by atoms with Gasteiger partial charge in [0.05, 0.1) is 22.8 Å². The van der Waals surface area contributed by atoms with Crippen LogP contribution in [0.25, 0.3) is 33.3 Å². The molecule has 2 aliphatic heterocycles. The molecule has 2 saturated heterocycles. The fourth-order valence-electron chi connectivity index (χ4n) is 6.39. The van der Waals surface area contributed by atoms with Gasteiger partial charge in [0.25, 0.3) is 0 Å². The zero-order valence-electron chi connectivity index (χ0n) is 26.7. The lowest BCUT2D eigenvalue weighted by molar-refractivity contribution is 0.0492. The minimum absolute atomic E-state index is 0.0493. The number of nitrogens with one attached hydrogen (secondary N) is 2. The molecule has 3 aromatic heterocycles. The van der Waals surface area contributed by atoms with E-state index in [-0.39, 0.29) is 24.2 Å². The van der Waals surface area contributed by atoms with Crippen molar-refractivity contribution in [3.63, 3.8) is 0 Å². The van der Waals surface area contributed by atoms with Gasteiger partial charge in [-0.2, -0.15) is 10.2 Å². The van der Waals surface area contributed by atoms with Crippen molar-refractivity contribution < 1.29 is 14.3 Å². The molecule has 1 unspecified atom stereocenters. The molecule has 6 rings (SSSR count). The predicted molar refractivity (Wildman–Crippen MR) is 176 cm³/mol. The Balaban J connectivity index is 1.32. The number of aryl methyl sites for hydroxylation is 1. The number of hydrogen-bond donors (Lipinski definition) is 2. The SMILES string of the molecule is Cn1cc2c(Cl)c(-c3[nH]nc4nc(N5[C@@H]6CC[C@H]5CC(NC(=O)OC(C)(C)C)C6)c(COCC[Si](C)(C)C)nc34)ccc2n1. The second kappa shape index (κ2) is 11.6. The van der Waals surface area contributed by atoms with Crippen molar-refractivity contribution in [1.82, 2.24) is 35.3 Å². The number of halogens is 1. The van der Waals surface area contributed by atoms with Crippen LogP contribution in [0.4, 0.5) is 10.6 Å². The average molecular weight is 639 g/mol. The molecule has 5 heterocycles. The summed E-state index contributed by atoms with van der Waals surface area (Å²) in [6.07, 6.45) is 5.24. The van der Waals surface area contributed by atoms with Crippen LogP contribution in [-0.2, 0) is 23.1 Å². The smallest absolute Gasteiger partial charge is 0.407 e. The van der Waals surface area contributed by atoms with Gasteiger partial charge in [0.15, 0.2) is 5.82 Å². The van der Waals surface area contributed by atoms with Crippen molar-refractivity contribution in [2.24, 2.45) is 7.05 Å². The molecule has 1 aromatic carbocycles. The van der Waals surface area contributed by atoms with E-state index in [0.717, 1.165) is 65.4 Å². The standard InChI is InChI=1S/C31H43ClN8O3Si/c1-31(2,3)43-30(41)33-18-14-19-8-9-20(15-18)40(19)29-24(17-42-12-13-44(5,6)7)34-27-26(36-37-28(27)35-29)21-10-11-23-22(25(21)32)16-39(4)38-23/h10-11,16,18-20H,8-9,12-15,17H2,1-7H3,(H,33,41)(H,35,36,37)/t18?,19-,20+. The van der Waals surface area contributed by atoms with Crippen molar-refractivity contribution >= 4 is 53.7 Å². The fourth-order valence-corrected chi connectivity index (χ4v) is 7.44. The average Bonchev–Trinajstić information content (AvgIpc) is 3.57. The summed E-state index contributed by atoms with van der Waals surface area (Å²) in [6, 6.07) is 5.48. The largest absolute Gasteiger partial charge is 0.444 e. The molecule has 0 spiro atoms. The van der Waals surface area contributed by atoms with E-state index in [4.69, 9.17) is 31.0 Å². The van der Waals surface area contributed by atoms with E-state index < -0.39 is 13.7 Å². The number of benzene rings is 1. The monoisotopic (exact) mass is 638 g/mol. The Morgan fingerprint density at radius 1 is 1.16 bits per heavy atom. The maximum atomic E-state index is 12.5. The quantitative estimate of drug-likeness (QED) is 0.167. The maximum absolute atomic E-state index is 12.5. The Kier molecular flexibility index (Phi) is 8.12. The topological polar surface area (TPSA) is 123 Å². The van der Waals surface area contributed by atoms with Crippen LogP contribution >= 0.6 is 11.6 Å². The van der Waals surface area contributed by atoms with Crippen LogP contribution in [0, 0.1) is 0 Å². The molecule has 13 heteroatoms. The van der Waals surface area contributed by atoms with Gasteiger partial charge < -0.3 is 19.7 Å². The molecular weight excluding hydrogens is 596 g/mol. The third kappa shape index (κ3) is 6.43. The van der Waals surface area contributed by atoms with Crippen LogP contribution in [-0.4, -0.2) is 74.4 Å². The number of anilines is 1. The molecule has 4 aromatic rings. The lowest BCUT2D eigenvalue weighted by atomic mass is 9.97. The summed E-state index contributed by atoms with van der Waals surface area (Å²) in [5.41, 5.74) is 3.82. The molecule has 0 aliphatic carbocycles. The van der Waals surface area contributed by atoms with E-state index in [9.17, 15) is 4.79 Å². The van der Waals surface area contributed by atoms with E-state index in [2.05, 4.69) is 45.2 Å². The van der Waals surface area contributed by atoms with E-state index in [1.807, 2.05) is 46.1 Å². The zero-order valence-corrected chi connectivity index (χ0v) is 28.5. The van der Waals surface area contributed by atoms with Crippen molar-refractivity contribution in [3.05, 3.63) is 29.0 Å². The molecule has 2 aliphatic rings. The summed E-state index contributed by atoms with van der Waals surface area (Å²) in [7, 11) is 0.626. The molecule has 236 valence electrons. The fraction of sp³-hybridized carbons (Fsp3) is 0.581. The number of hydrogen-bond acceptors (Lipinski definition) is 8. The Hall–Kier alpha value is -3.22. The van der Waals surface area contributed by atoms with Gasteiger partial charge in [-0.1, -0.05) is 31.2 Å². The van der Waals surface area contributed by atoms with Gasteiger partial charge in [-0.3, -0.25) is 9.78 Å². The number of carbonyl (C=O) groups is 1. The van der Waals surface area contributed by atoms with Gasteiger partial charge in [0.2, 0.25) is 5.65 Å². The highest BCUT2D eigenvalue weighted by molar-refractivity contribution is 6.76. The number of aromatic amines is 1. The maximum Gasteiger partial charge on any atom is 0.407 e. The highest BCUT2D eigenvalue weighted by Crippen LogP contribution is 2.41. The van der Waals surface area contributed by atoms with E-state index in [1.165, 1.54) is 0 Å². The summed E-state index contributed by atoms with van der Waals surface area (Å²) in [4.78, 5) is 25.2. The molecular formula is C31H43ClN8O3Si. The minimum atomic E-state index is -1.26. The molecule has 0 saturated carbocycles. The summed E-state index contributed by atoms with van der Waals surface area (Å²) < 4.78 is 13.6. The van der Waals surface area contributed by atoms with Gasteiger partial charge in [-0.05, 0) is 64.6 Å². The number of piperidine rings is 1. The van der Waals surface area contributed by atoms with Crippen molar-refractivity contribution in [2.75, 3.05) is 11.5 Å². The van der Waals surface area contributed by atoms with Crippen LogP contribution in [0.5, 0.6) is 0 Å². The molecule has 3 atom stereocenters. The van der Waals surface area contributed by atoms with Crippen LogP contribution in [0.3, 0.4) is 0 Å². The number of nitrogens with zero attached hydrogens (tertiary/aromatic N) is 6. The number of aromatic nitrogens is 6. The molecule has 44 heavy (non-hydrogen) atoms. The Morgan fingerprint density at radius 3 is 2.57 bits per heavy atom. The lowest BCUT2D eigenvalue weighted by Crippen LogP contribution is -2.51. The van der Waals surface area contributed by atoms with Crippen LogP contribution in [0.2, 0.25) is 30.7 Å². The lowest BCUT2D eigenvalue weighted by Gasteiger charge is -2.40. The van der Waals surface area contributed by atoms with E-state index >= 15 is 0 Å². The summed E-state index contributed by atoms with van der Waals surface area (Å²) in [5, 5.41) is 16.8. The van der Waals surface area contributed by atoms with Gasteiger partial charge in [-0.25, -0.2) is 14.8 Å². The number of rotatable bonds is 8. The Labute approximate surface area is 264 Å². The Bertz CT molecular complexity index is 1680. The first-order valence-corrected chi connectivity index (χ1v) is 19.6. The number of fused-ring (bicyclic) bond motifs is 4.